The molecule has 0 aromatic heterocycles. The first-order valence-electron chi connectivity index (χ1n) is 7.14. The Morgan fingerprint density at radius 1 is 1.05 bits per heavy atom. The molecule has 0 saturated carbocycles. The highest BCUT2D eigenvalue weighted by molar-refractivity contribution is 5.57. The van der Waals surface area contributed by atoms with Gasteiger partial charge in [0.25, 0.3) is 0 Å². The second-order valence-corrected chi connectivity index (χ2v) is 6.07. The quantitative estimate of drug-likeness (QED) is 0.789. The maximum absolute atomic E-state index is 5.86. The summed E-state index contributed by atoms with van der Waals surface area (Å²) in [5, 5.41) is 3.60. The zero-order valence-corrected chi connectivity index (χ0v) is 12.6. The summed E-state index contributed by atoms with van der Waals surface area (Å²) in [4.78, 5) is 0. The van der Waals surface area contributed by atoms with Crippen molar-refractivity contribution in [1.82, 2.24) is 0 Å². The number of hydrogen-bond donors (Lipinski definition) is 2. The smallest absolute Gasteiger partial charge is 0.0348 e. The zero-order chi connectivity index (χ0) is 14.6. The highest BCUT2D eigenvalue weighted by Crippen LogP contribution is 2.23. The Morgan fingerprint density at radius 3 is 2.40 bits per heavy atom. The summed E-state index contributed by atoms with van der Waals surface area (Å²) in [6.07, 6.45) is 2.16. The lowest BCUT2D eigenvalue weighted by atomic mass is 9.94. The summed E-state index contributed by atoms with van der Waals surface area (Å²) in [7, 11) is 0. The second kappa shape index (κ2) is 6.00. The lowest BCUT2D eigenvalue weighted by molar-refractivity contribution is 0.518. The molecule has 2 heteroatoms. The number of nitrogens with two attached hydrogens (primary N) is 1. The largest absolute Gasteiger partial charge is 0.399 e. The minimum atomic E-state index is 0.0540. The number of hydrogen-bond acceptors (Lipinski definition) is 2. The molecule has 0 aliphatic carbocycles. The van der Waals surface area contributed by atoms with Crippen LogP contribution in [0, 0.1) is 6.92 Å². The average molecular weight is 268 g/mol. The maximum Gasteiger partial charge on any atom is 0.0348 e. The third kappa shape index (κ3) is 4.02. The van der Waals surface area contributed by atoms with Gasteiger partial charge in [0.1, 0.15) is 0 Å². The highest BCUT2D eigenvalue weighted by Gasteiger charge is 2.17. The molecule has 0 bridgehead atoms. The van der Waals surface area contributed by atoms with Crippen molar-refractivity contribution in [2.24, 2.45) is 0 Å². The van der Waals surface area contributed by atoms with Gasteiger partial charge in [-0.25, -0.2) is 0 Å². The summed E-state index contributed by atoms with van der Waals surface area (Å²) in [5.41, 5.74) is 10.4. The van der Waals surface area contributed by atoms with Gasteiger partial charge in [-0.1, -0.05) is 30.3 Å². The number of aryl methyl sites for hydroxylation is 2. The van der Waals surface area contributed by atoms with Crippen molar-refractivity contribution in [2.45, 2.75) is 39.2 Å². The van der Waals surface area contributed by atoms with Crippen LogP contribution in [0.2, 0.25) is 0 Å². The van der Waals surface area contributed by atoms with E-state index in [1.807, 2.05) is 19.1 Å². The fraction of sp³-hybridized carbons (Fsp3) is 0.333. The monoisotopic (exact) mass is 268 g/mol. The lowest BCUT2D eigenvalue weighted by Gasteiger charge is -2.28. The van der Waals surface area contributed by atoms with E-state index in [9.17, 15) is 0 Å². The molecule has 0 aliphatic rings. The minimum absolute atomic E-state index is 0.0540. The van der Waals surface area contributed by atoms with E-state index in [1.165, 1.54) is 5.56 Å². The number of nitrogens with one attached hydrogen (secondary N) is 1. The standard InChI is InChI=1S/C18H24N2/c1-14-13-16(9-10-17(14)19)20-18(2,3)12-11-15-7-5-4-6-8-15/h4-10,13,20H,11-12,19H2,1-3H3. The fourth-order valence-corrected chi connectivity index (χ4v) is 2.31. The van der Waals surface area contributed by atoms with Crippen LogP contribution in [0.15, 0.2) is 48.5 Å². The molecule has 2 rings (SSSR count). The van der Waals surface area contributed by atoms with Crippen molar-refractivity contribution in [1.29, 1.82) is 0 Å². The second-order valence-electron chi connectivity index (χ2n) is 6.07. The molecule has 106 valence electrons. The molecular weight excluding hydrogens is 244 g/mol. The van der Waals surface area contributed by atoms with Gasteiger partial charge in [-0.05, 0) is 62.9 Å². The van der Waals surface area contributed by atoms with Gasteiger partial charge < -0.3 is 11.1 Å². The Morgan fingerprint density at radius 2 is 1.75 bits per heavy atom. The first-order valence-corrected chi connectivity index (χ1v) is 7.14. The SMILES string of the molecule is Cc1cc(NC(C)(C)CCc2ccccc2)ccc1N. The number of rotatable bonds is 5. The summed E-state index contributed by atoms with van der Waals surface area (Å²) in [6.45, 7) is 6.51. The molecule has 20 heavy (non-hydrogen) atoms. The molecule has 0 fully saturated rings. The Kier molecular flexibility index (Phi) is 4.33. The van der Waals surface area contributed by atoms with E-state index in [0.717, 1.165) is 29.8 Å². The van der Waals surface area contributed by atoms with Gasteiger partial charge in [0.15, 0.2) is 0 Å². The number of nitrogen functional groups attached to an aromatic ring is 1. The zero-order valence-electron chi connectivity index (χ0n) is 12.6. The van der Waals surface area contributed by atoms with Crippen molar-refractivity contribution in [2.75, 3.05) is 11.1 Å². The van der Waals surface area contributed by atoms with Crippen LogP contribution in [0.25, 0.3) is 0 Å². The Bertz CT molecular complexity index is 559. The molecule has 2 aromatic rings. The van der Waals surface area contributed by atoms with Crippen LogP contribution in [0.5, 0.6) is 0 Å². The van der Waals surface area contributed by atoms with Crippen LogP contribution >= 0.6 is 0 Å². The van der Waals surface area contributed by atoms with Crippen molar-refractivity contribution < 1.29 is 0 Å². The van der Waals surface area contributed by atoms with Gasteiger partial charge in [0.05, 0.1) is 0 Å². The van der Waals surface area contributed by atoms with Gasteiger partial charge in [0.2, 0.25) is 0 Å². The molecule has 2 aromatic carbocycles. The molecular formula is C18H24N2. The van der Waals surface area contributed by atoms with E-state index in [1.54, 1.807) is 0 Å². The van der Waals surface area contributed by atoms with Crippen molar-refractivity contribution in [3.8, 4) is 0 Å². The van der Waals surface area contributed by atoms with Crippen LogP contribution in [0.3, 0.4) is 0 Å². The summed E-state index contributed by atoms with van der Waals surface area (Å²) in [6, 6.07) is 16.7. The predicted molar refractivity (Wildman–Crippen MR) is 88.1 cm³/mol. The van der Waals surface area contributed by atoms with E-state index >= 15 is 0 Å². The molecule has 0 aliphatic heterocycles. The minimum Gasteiger partial charge on any atom is -0.399 e. The third-order valence-corrected chi connectivity index (χ3v) is 3.63. The van der Waals surface area contributed by atoms with Crippen LogP contribution in [0.4, 0.5) is 11.4 Å². The summed E-state index contributed by atoms with van der Waals surface area (Å²) in [5.74, 6) is 0. The number of benzene rings is 2. The van der Waals surface area contributed by atoms with Gasteiger partial charge in [-0.3, -0.25) is 0 Å². The molecule has 0 atom stereocenters. The van der Waals surface area contributed by atoms with Crippen LogP contribution in [0.1, 0.15) is 31.4 Å². The summed E-state index contributed by atoms with van der Waals surface area (Å²) >= 11 is 0. The summed E-state index contributed by atoms with van der Waals surface area (Å²) < 4.78 is 0. The van der Waals surface area contributed by atoms with E-state index < -0.39 is 0 Å². The van der Waals surface area contributed by atoms with Crippen LogP contribution < -0.4 is 11.1 Å². The number of anilines is 2. The van der Waals surface area contributed by atoms with Gasteiger partial charge in [0, 0.05) is 16.9 Å². The molecule has 2 nitrogen and oxygen atoms in total. The average Bonchev–Trinajstić information content (AvgIpc) is 2.42. The Hall–Kier alpha value is -1.96. The lowest BCUT2D eigenvalue weighted by Crippen LogP contribution is -2.31. The Balaban J connectivity index is 1.98. The first kappa shape index (κ1) is 14.4. The van der Waals surface area contributed by atoms with E-state index in [4.69, 9.17) is 5.73 Å². The van der Waals surface area contributed by atoms with Crippen LogP contribution in [-0.2, 0) is 6.42 Å². The van der Waals surface area contributed by atoms with Crippen LogP contribution in [-0.4, -0.2) is 5.54 Å². The van der Waals surface area contributed by atoms with Crippen molar-refractivity contribution in [3.63, 3.8) is 0 Å². The topological polar surface area (TPSA) is 38.0 Å². The van der Waals surface area contributed by atoms with Gasteiger partial charge >= 0.3 is 0 Å². The molecule has 0 radical (unpaired) electrons. The molecule has 3 N–H and O–H groups in total. The normalized spacial score (nSPS) is 11.3. The maximum atomic E-state index is 5.86. The molecule has 0 spiro atoms. The fourth-order valence-electron chi connectivity index (χ4n) is 2.31. The van der Waals surface area contributed by atoms with E-state index in [0.29, 0.717) is 0 Å². The molecule has 0 saturated heterocycles. The molecule has 0 amide bonds. The van der Waals surface area contributed by atoms with E-state index in [-0.39, 0.29) is 5.54 Å². The van der Waals surface area contributed by atoms with Crippen molar-refractivity contribution >= 4 is 11.4 Å². The van der Waals surface area contributed by atoms with Crippen molar-refractivity contribution in [3.05, 3.63) is 59.7 Å². The third-order valence-electron chi connectivity index (χ3n) is 3.63. The predicted octanol–water partition coefficient (Wildman–Crippen LogP) is 4.40. The Labute approximate surface area is 122 Å². The van der Waals surface area contributed by atoms with E-state index in [2.05, 4.69) is 55.6 Å². The van der Waals surface area contributed by atoms with Gasteiger partial charge in [-0.2, -0.15) is 0 Å². The first-order chi connectivity index (χ1) is 9.46. The highest BCUT2D eigenvalue weighted by atomic mass is 15.0. The molecule has 0 unspecified atom stereocenters. The molecule has 0 heterocycles. The van der Waals surface area contributed by atoms with Gasteiger partial charge in [-0.15, -0.1) is 0 Å².